The Morgan fingerprint density at radius 1 is 1.48 bits per heavy atom. The first-order valence-electron chi connectivity index (χ1n) is 7.88. The summed E-state index contributed by atoms with van der Waals surface area (Å²) in [6, 6.07) is 8.00. The van der Waals surface area contributed by atoms with Crippen LogP contribution in [0.5, 0.6) is 0 Å². The number of carbonyl (C=O) groups excluding carboxylic acids is 1. The van der Waals surface area contributed by atoms with Gasteiger partial charge >= 0.3 is 0 Å². The molecule has 1 amide bonds. The molecule has 0 radical (unpaired) electrons. The van der Waals surface area contributed by atoms with E-state index < -0.39 is 0 Å². The summed E-state index contributed by atoms with van der Waals surface area (Å²) in [6.07, 6.45) is 3.97. The van der Waals surface area contributed by atoms with Gasteiger partial charge in [-0.15, -0.1) is 0 Å². The van der Waals surface area contributed by atoms with Crippen molar-refractivity contribution in [2.24, 2.45) is 0 Å². The molecule has 2 atom stereocenters. The van der Waals surface area contributed by atoms with Crippen LogP contribution in [0.2, 0.25) is 0 Å². The summed E-state index contributed by atoms with van der Waals surface area (Å²) < 4.78 is 0. The van der Waals surface area contributed by atoms with Gasteiger partial charge in [0.05, 0.1) is 6.10 Å². The minimum Gasteiger partial charge on any atom is -0.392 e. The Balaban J connectivity index is 2.10. The first-order valence-corrected chi connectivity index (χ1v) is 7.88. The van der Waals surface area contributed by atoms with Crippen molar-refractivity contribution in [2.45, 2.75) is 51.3 Å². The summed E-state index contributed by atoms with van der Waals surface area (Å²) in [7, 11) is 1.65. The Labute approximate surface area is 127 Å². The van der Waals surface area contributed by atoms with Gasteiger partial charge in [0, 0.05) is 25.2 Å². The smallest absolute Gasteiger partial charge is 0.251 e. The van der Waals surface area contributed by atoms with Crippen molar-refractivity contribution >= 4 is 5.91 Å². The molecule has 4 heteroatoms. The van der Waals surface area contributed by atoms with Crippen LogP contribution >= 0.6 is 0 Å². The van der Waals surface area contributed by atoms with E-state index >= 15 is 0 Å². The molecule has 1 heterocycles. The highest BCUT2D eigenvalue weighted by molar-refractivity contribution is 5.94. The molecule has 1 aromatic rings. The second-order valence-electron chi connectivity index (χ2n) is 5.79. The van der Waals surface area contributed by atoms with Crippen LogP contribution in [0, 0.1) is 0 Å². The summed E-state index contributed by atoms with van der Waals surface area (Å²) >= 11 is 0. The maximum atomic E-state index is 11.7. The molecule has 0 saturated carbocycles. The maximum Gasteiger partial charge on any atom is 0.251 e. The molecule has 2 rings (SSSR count). The third-order valence-corrected chi connectivity index (χ3v) is 4.33. The first-order chi connectivity index (χ1) is 10.2. The van der Waals surface area contributed by atoms with E-state index in [0.29, 0.717) is 5.56 Å². The molecule has 0 aromatic heterocycles. The van der Waals surface area contributed by atoms with Gasteiger partial charge in [-0.25, -0.2) is 0 Å². The molecule has 116 valence electrons. The molecule has 1 aromatic carbocycles. The summed E-state index contributed by atoms with van der Waals surface area (Å²) in [4.78, 5) is 14.1. The van der Waals surface area contributed by atoms with Gasteiger partial charge in [0.2, 0.25) is 0 Å². The number of hydrogen-bond donors (Lipinski definition) is 2. The third kappa shape index (κ3) is 4.05. The SMILES string of the molecule is CCC(O)C1CCCCN1Cc1cccc(C(=O)NC)c1. The number of aliphatic hydroxyl groups excluding tert-OH is 1. The summed E-state index contributed by atoms with van der Waals surface area (Å²) in [5.74, 6) is -0.0550. The lowest BCUT2D eigenvalue weighted by Crippen LogP contribution is -2.46. The number of benzene rings is 1. The topological polar surface area (TPSA) is 52.6 Å². The van der Waals surface area contributed by atoms with E-state index in [4.69, 9.17) is 0 Å². The normalized spacial score (nSPS) is 21.0. The number of nitrogens with one attached hydrogen (secondary N) is 1. The fraction of sp³-hybridized carbons (Fsp3) is 0.588. The van der Waals surface area contributed by atoms with Crippen LogP contribution in [0.15, 0.2) is 24.3 Å². The molecule has 1 aliphatic rings. The number of rotatable bonds is 5. The highest BCUT2D eigenvalue weighted by atomic mass is 16.3. The summed E-state index contributed by atoms with van der Waals surface area (Å²) in [5, 5.41) is 12.9. The van der Waals surface area contributed by atoms with E-state index in [-0.39, 0.29) is 18.1 Å². The number of likely N-dealkylation sites (tertiary alicyclic amines) is 1. The third-order valence-electron chi connectivity index (χ3n) is 4.33. The predicted octanol–water partition coefficient (Wildman–Crippen LogP) is 2.17. The molecule has 1 saturated heterocycles. The van der Waals surface area contributed by atoms with Gasteiger partial charge in [-0.1, -0.05) is 25.5 Å². The van der Waals surface area contributed by atoms with Crippen LogP contribution in [-0.2, 0) is 6.54 Å². The van der Waals surface area contributed by atoms with Crippen molar-refractivity contribution in [3.8, 4) is 0 Å². The quantitative estimate of drug-likeness (QED) is 0.874. The minimum atomic E-state index is -0.257. The Morgan fingerprint density at radius 3 is 3.00 bits per heavy atom. The average molecular weight is 290 g/mol. The average Bonchev–Trinajstić information content (AvgIpc) is 2.54. The highest BCUT2D eigenvalue weighted by Crippen LogP contribution is 2.23. The molecule has 1 fully saturated rings. The molecule has 1 aliphatic heterocycles. The van der Waals surface area contributed by atoms with E-state index in [2.05, 4.69) is 16.3 Å². The van der Waals surface area contributed by atoms with E-state index in [0.717, 1.165) is 31.5 Å². The maximum absolute atomic E-state index is 11.7. The highest BCUT2D eigenvalue weighted by Gasteiger charge is 2.27. The van der Waals surface area contributed by atoms with E-state index in [1.807, 2.05) is 25.1 Å². The van der Waals surface area contributed by atoms with E-state index in [1.165, 1.54) is 12.8 Å². The van der Waals surface area contributed by atoms with Crippen LogP contribution in [0.3, 0.4) is 0 Å². The summed E-state index contributed by atoms with van der Waals surface area (Å²) in [6.45, 7) is 3.85. The lowest BCUT2D eigenvalue weighted by atomic mass is 9.95. The number of piperidine rings is 1. The van der Waals surface area contributed by atoms with Crippen molar-refractivity contribution in [1.82, 2.24) is 10.2 Å². The number of amides is 1. The standard InChI is InChI=1S/C17H26N2O2/c1-3-16(20)15-9-4-5-10-19(15)12-13-7-6-8-14(11-13)17(21)18-2/h6-8,11,15-16,20H,3-5,9-10,12H2,1-2H3,(H,18,21). The molecule has 0 bridgehead atoms. The predicted molar refractivity (Wildman–Crippen MR) is 84.2 cm³/mol. The Bertz CT molecular complexity index is 476. The van der Waals surface area contributed by atoms with Gasteiger partial charge in [0.15, 0.2) is 0 Å². The fourth-order valence-corrected chi connectivity index (χ4v) is 3.11. The Morgan fingerprint density at radius 2 is 2.29 bits per heavy atom. The number of hydrogen-bond acceptors (Lipinski definition) is 3. The van der Waals surface area contributed by atoms with Gasteiger partial charge in [-0.3, -0.25) is 9.69 Å². The molecule has 4 nitrogen and oxygen atoms in total. The molecule has 21 heavy (non-hydrogen) atoms. The second kappa shape index (κ2) is 7.57. The van der Waals surface area contributed by atoms with Gasteiger partial charge in [0.1, 0.15) is 0 Å². The fourth-order valence-electron chi connectivity index (χ4n) is 3.11. The lowest BCUT2D eigenvalue weighted by Gasteiger charge is -2.38. The number of nitrogens with zero attached hydrogens (tertiary/aromatic N) is 1. The number of aliphatic hydroxyl groups is 1. The zero-order valence-electron chi connectivity index (χ0n) is 13.0. The van der Waals surface area contributed by atoms with Crippen LogP contribution in [0.25, 0.3) is 0 Å². The second-order valence-corrected chi connectivity index (χ2v) is 5.79. The van der Waals surface area contributed by atoms with Crippen molar-refractivity contribution in [3.63, 3.8) is 0 Å². The molecular formula is C17H26N2O2. The van der Waals surface area contributed by atoms with Crippen molar-refractivity contribution in [2.75, 3.05) is 13.6 Å². The largest absolute Gasteiger partial charge is 0.392 e. The molecular weight excluding hydrogens is 264 g/mol. The minimum absolute atomic E-state index is 0.0550. The Kier molecular flexibility index (Phi) is 5.76. The van der Waals surface area contributed by atoms with E-state index in [1.54, 1.807) is 7.05 Å². The number of carbonyl (C=O) groups is 1. The van der Waals surface area contributed by atoms with Crippen LogP contribution in [0.4, 0.5) is 0 Å². The van der Waals surface area contributed by atoms with E-state index in [9.17, 15) is 9.90 Å². The molecule has 0 aliphatic carbocycles. The van der Waals surface area contributed by atoms with Crippen LogP contribution in [-0.4, -0.2) is 41.7 Å². The Hall–Kier alpha value is -1.39. The van der Waals surface area contributed by atoms with Crippen LogP contribution in [0.1, 0.15) is 48.5 Å². The zero-order chi connectivity index (χ0) is 15.2. The lowest BCUT2D eigenvalue weighted by molar-refractivity contribution is 0.0195. The van der Waals surface area contributed by atoms with Crippen molar-refractivity contribution in [1.29, 1.82) is 0 Å². The van der Waals surface area contributed by atoms with Gasteiger partial charge in [0.25, 0.3) is 5.91 Å². The van der Waals surface area contributed by atoms with Gasteiger partial charge < -0.3 is 10.4 Å². The monoisotopic (exact) mass is 290 g/mol. The van der Waals surface area contributed by atoms with Gasteiger partial charge in [-0.2, -0.15) is 0 Å². The molecule has 0 spiro atoms. The van der Waals surface area contributed by atoms with Crippen LogP contribution < -0.4 is 5.32 Å². The van der Waals surface area contributed by atoms with Crippen molar-refractivity contribution < 1.29 is 9.90 Å². The molecule has 2 unspecified atom stereocenters. The molecule has 2 N–H and O–H groups in total. The first kappa shape index (κ1) is 16.0. The van der Waals surface area contributed by atoms with Gasteiger partial charge in [-0.05, 0) is 43.5 Å². The summed E-state index contributed by atoms with van der Waals surface area (Å²) in [5.41, 5.74) is 1.82. The zero-order valence-corrected chi connectivity index (χ0v) is 13.0. The van der Waals surface area contributed by atoms with Crippen molar-refractivity contribution in [3.05, 3.63) is 35.4 Å².